The minimum Gasteiger partial charge on any atom is -0.497 e. The molecule has 1 unspecified atom stereocenters. The average Bonchev–Trinajstić information content (AvgIpc) is 2.83. The van der Waals surface area contributed by atoms with Gasteiger partial charge in [-0.1, -0.05) is 12.1 Å². The zero-order valence-electron chi connectivity index (χ0n) is 18.9. The first-order valence-electron chi connectivity index (χ1n) is 10.8. The molecule has 10 nitrogen and oxygen atoms in total. The summed E-state index contributed by atoms with van der Waals surface area (Å²) in [5.74, 6) is -1.31. The lowest BCUT2D eigenvalue weighted by atomic mass is 10.0. The van der Waals surface area contributed by atoms with Gasteiger partial charge in [0.2, 0.25) is 0 Å². The van der Waals surface area contributed by atoms with Crippen molar-refractivity contribution in [2.45, 2.75) is 18.9 Å². The maximum Gasteiger partial charge on any atom is 0.312 e. The van der Waals surface area contributed by atoms with Crippen LogP contribution in [0, 0.1) is 5.41 Å². The molecule has 2 amide bonds. The molecule has 0 aliphatic carbocycles. The molecule has 0 aromatic heterocycles. The van der Waals surface area contributed by atoms with Gasteiger partial charge in [-0.2, -0.15) is 0 Å². The summed E-state index contributed by atoms with van der Waals surface area (Å²) in [6, 6.07) is 12.9. The summed E-state index contributed by atoms with van der Waals surface area (Å²) in [6.07, 6.45) is 0.199. The zero-order valence-corrected chi connectivity index (χ0v) is 18.9. The number of aliphatic carboxylic acids is 1. The number of ether oxygens (including phenoxy) is 2. The highest BCUT2D eigenvalue weighted by Crippen LogP contribution is 2.29. The van der Waals surface area contributed by atoms with Crippen LogP contribution < -0.4 is 15.2 Å². The van der Waals surface area contributed by atoms with Crippen LogP contribution in [0.3, 0.4) is 0 Å². The third-order valence-electron chi connectivity index (χ3n) is 5.57. The molecule has 0 spiro atoms. The lowest BCUT2D eigenvalue weighted by Crippen LogP contribution is -2.55. The molecule has 1 aliphatic rings. The number of carbonyl (C=O) groups excluding carboxylic acids is 2. The maximum absolute atomic E-state index is 12.9. The minimum atomic E-state index is -1.07. The third-order valence-corrected chi connectivity index (χ3v) is 5.57. The number of rotatable bonds is 11. The highest BCUT2D eigenvalue weighted by atomic mass is 16.5. The van der Waals surface area contributed by atoms with Crippen LogP contribution in [0.5, 0.6) is 11.5 Å². The second-order valence-corrected chi connectivity index (χ2v) is 7.82. The summed E-state index contributed by atoms with van der Waals surface area (Å²) in [5, 5.41) is 16.8. The number of nitrogens with zero attached hydrogens (tertiary/aromatic N) is 2. The smallest absolute Gasteiger partial charge is 0.312 e. The fourth-order valence-corrected chi connectivity index (χ4v) is 3.80. The Labute approximate surface area is 197 Å². The number of carbonyl (C=O) groups is 3. The van der Waals surface area contributed by atoms with Gasteiger partial charge in [-0.25, -0.2) is 0 Å². The van der Waals surface area contributed by atoms with E-state index < -0.39 is 23.8 Å². The van der Waals surface area contributed by atoms with E-state index in [1.165, 1.54) is 16.9 Å². The van der Waals surface area contributed by atoms with Gasteiger partial charge in [0, 0.05) is 25.2 Å². The van der Waals surface area contributed by atoms with E-state index in [0.717, 1.165) is 0 Å². The van der Waals surface area contributed by atoms with Crippen molar-refractivity contribution >= 4 is 23.6 Å². The predicted octanol–water partition coefficient (Wildman–Crippen LogP) is 1.63. The Hall–Kier alpha value is -4.08. The number of nitrogens with one attached hydrogen (secondary N) is 1. The standard InChI is InChI=1S/C24H28N4O6/c1-33-19-5-2-4-17(14-19)20(15-21(29)30)28-12-11-27(23(31)24(28)32)10-3-13-34-18-8-6-16(7-9-18)22(25)26/h2,4-9,14,20H,3,10-13,15H2,1H3,(H3,25,26)(H,29,30). The molecule has 0 saturated carbocycles. The van der Waals surface area contributed by atoms with Crippen molar-refractivity contribution in [3.63, 3.8) is 0 Å². The Bertz CT molecular complexity index is 1060. The molecule has 3 rings (SSSR count). The molecule has 1 aliphatic heterocycles. The topological polar surface area (TPSA) is 146 Å². The van der Waals surface area contributed by atoms with Gasteiger partial charge < -0.3 is 30.1 Å². The quantitative estimate of drug-likeness (QED) is 0.197. The molecule has 1 saturated heterocycles. The number of amides is 2. The first kappa shape index (κ1) is 24.6. The lowest BCUT2D eigenvalue weighted by Gasteiger charge is -2.38. The summed E-state index contributed by atoms with van der Waals surface area (Å²) in [6.45, 7) is 1.21. The van der Waals surface area contributed by atoms with Crippen molar-refractivity contribution < 1.29 is 29.0 Å². The van der Waals surface area contributed by atoms with Gasteiger partial charge in [0.15, 0.2) is 0 Å². The Kier molecular flexibility index (Phi) is 8.07. The lowest BCUT2D eigenvalue weighted by molar-refractivity contribution is -0.159. The van der Waals surface area contributed by atoms with Crippen molar-refractivity contribution in [3.8, 4) is 11.5 Å². The highest BCUT2D eigenvalue weighted by Gasteiger charge is 2.37. The summed E-state index contributed by atoms with van der Waals surface area (Å²) in [7, 11) is 1.50. The maximum atomic E-state index is 12.9. The SMILES string of the molecule is COc1cccc(C(CC(=O)O)N2CCN(CCCOc3ccc(C(=N)N)cc3)C(=O)C2=O)c1. The molecule has 34 heavy (non-hydrogen) atoms. The molecule has 1 atom stereocenters. The van der Waals surface area contributed by atoms with Crippen LogP contribution in [0.1, 0.15) is 30.0 Å². The van der Waals surface area contributed by atoms with Crippen molar-refractivity contribution in [1.29, 1.82) is 5.41 Å². The molecule has 10 heteroatoms. The first-order valence-corrected chi connectivity index (χ1v) is 10.8. The van der Waals surface area contributed by atoms with Crippen molar-refractivity contribution in [3.05, 3.63) is 59.7 Å². The summed E-state index contributed by atoms with van der Waals surface area (Å²) in [4.78, 5) is 39.9. The Morgan fingerprint density at radius 1 is 1.12 bits per heavy atom. The van der Waals surface area contributed by atoms with Crippen LogP contribution in [0.25, 0.3) is 0 Å². The van der Waals surface area contributed by atoms with Crippen LogP contribution in [0.15, 0.2) is 48.5 Å². The van der Waals surface area contributed by atoms with Gasteiger partial charge in [-0.05, 0) is 48.4 Å². The van der Waals surface area contributed by atoms with E-state index in [4.69, 9.17) is 20.6 Å². The molecule has 0 radical (unpaired) electrons. The largest absolute Gasteiger partial charge is 0.497 e. The highest BCUT2D eigenvalue weighted by molar-refractivity contribution is 6.35. The van der Waals surface area contributed by atoms with E-state index in [1.54, 1.807) is 48.5 Å². The Balaban J connectivity index is 1.57. The average molecular weight is 469 g/mol. The van der Waals surface area contributed by atoms with Crippen molar-refractivity contribution in [2.24, 2.45) is 5.73 Å². The van der Waals surface area contributed by atoms with Gasteiger partial charge in [0.05, 0.1) is 26.2 Å². The molecule has 2 aromatic rings. The number of carboxylic acid groups (broad SMARTS) is 1. The van der Waals surface area contributed by atoms with E-state index in [1.807, 2.05) is 0 Å². The predicted molar refractivity (Wildman–Crippen MR) is 124 cm³/mol. The second-order valence-electron chi connectivity index (χ2n) is 7.82. The Morgan fingerprint density at radius 3 is 2.50 bits per heavy atom. The molecule has 2 aromatic carbocycles. The van der Waals surface area contributed by atoms with Gasteiger partial charge in [-0.3, -0.25) is 19.8 Å². The van der Waals surface area contributed by atoms with Crippen LogP contribution in [-0.2, 0) is 14.4 Å². The van der Waals surface area contributed by atoms with Crippen LogP contribution in [0.4, 0.5) is 0 Å². The van der Waals surface area contributed by atoms with Gasteiger partial charge in [-0.15, -0.1) is 0 Å². The van der Waals surface area contributed by atoms with E-state index in [9.17, 15) is 19.5 Å². The van der Waals surface area contributed by atoms with Crippen LogP contribution in [-0.4, -0.2) is 71.9 Å². The third kappa shape index (κ3) is 6.03. The molecule has 1 fully saturated rings. The monoisotopic (exact) mass is 468 g/mol. The number of piperazine rings is 1. The molecular formula is C24H28N4O6. The van der Waals surface area contributed by atoms with E-state index in [2.05, 4.69) is 0 Å². The summed E-state index contributed by atoms with van der Waals surface area (Å²) >= 11 is 0. The Morgan fingerprint density at radius 2 is 1.85 bits per heavy atom. The molecule has 180 valence electrons. The number of benzene rings is 2. The number of methoxy groups -OCH3 is 1. The van der Waals surface area contributed by atoms with E-state index in [0.29, 0.717) is 48.7 Å². The van der Waals surface area contributed by atoms with Gasteiger partial charge in [0.25, 0.3) is 0 Å². The number of carboxylic acids is 1. The number of nitrogen functional groups attached to an aromatic ring is 1. The molecule has 1 heterocycles. The van der Waals surface area contributed by atoms with E-state index >= 15 is 0 Å². The fourth-order valence-electron chi connectivity index (χ4n) is 3.80. The zero-order chi connectivity index (χ0) is 24.7. The van der Waals surface area contributed by atoms with Crippen molar-refractivity contribution in [1.82, 2.24) is 9.80 Å². The number of nitrogens with two attached hydrogens (primary N) is 1. The van der Waals surface area contributed by atoms with Crippen molar-refractivity contribution in [2.75, 3.05) is 33.4 Å². The normalized spacial score (nSPS) is 14.6. The minimum absolute atomic E-state index is 0.0223. The number of hydrogen-bond donors (Lipinski definition) is 3. The van der Waals surface area contributed by atoms with E-state index in [-0.39, 0.29) is 18.8 Å². The number of amidine groups is 1. The molecule has 0 bridgehead atoms. The van der Waals surface area contributed by atoms with Gasteiger partial charge in [0.1, 0.15) is 17.3 Å². The van der Waals surface area contributed by atoms with Gasteiger partial charge >= 0.3 is 17.8 Å². The van der Waals surface area contributed by atoms with Crippen LogP contribution >= 0.6 is 0 Å². The summed E-state index contributed by atoms with van der Waals surface area (Å²) in [5.41, 5.74) is 6.63. The second kappa shape index (κ2) is 11.2. The first-order chi connectivity index (χ1) is 16.3. The molecular weight excluding hydrogens is 440 g/mol. The fraction of sp³-hybridized carbons (Fsp3) is 0.333. The van der Waals surface area contributed by atoms with Crippen LogP contribution in [0.2, 0.25) is 0 Å². The summed E-state index contributed by atoms with van der Waals surface area (Å²) < 4.78 is 10.9. The number of hydrogen-bond acceptors (Lipinski definition) is 6. The molecule has 4 N–H and O–H groups in total.